The molecule has 0 unspecified atom stereocenters. The van der Waals surface area contributed by atoms with Crippen LogP contribution in [0.25, 0.3) is 0 Å². The number of carbonyl (C=O) groups is 1. The van der Waals surface area contributed by atoms with Crippen molar-refractivity contribution in [2.45, 2.75) is 25.8 Å². The molecule has 0 radical (unpaired) electrons. The molecule has 1 aromatic rings. The van der Waals surface area contributed by atoms with Crippen LogP contribution in [0.15, 0.2) is 18.2 Å². The van der Waals surface area contributed by atoms with Crippen molar-refractivity contribution in [2.75, 3.05) is 26.8 Å². The number of hydrogen-bond acceptors (Lipinski definition) is 4. The van der Waals surface area contributed by atoms with Crippen molar-refractivity contribution in [1.82, 2.24) is 4.90 Å². The Morgan fingerprint density at radius 3 is 2.79 bits per heavy atom. The Morgan fingerprint density at radius 2 is 2.21 bits per heavy atom. The fourth-order valence-corrected chi connectivity index (χ4v) is 2.26. The zero-order chi connectivity index (χ0) is 13.8. The molecular weight excluding hydrogens is 242 g/mol. The largest absolute Gasteiger partial charge is 0.496 e. The maximum atomic E-state index is 12.3. The van der Waals surface area contributed by atoms with Crippen LogP contribution in [0.4, 0.5) is 0 Å². The summed E-state index contributed by atoms with van der Waals surface area (Å²) < 4.78 is 5.28. The first kappa shape index (κ1) is 14.0. The molecule has 0 aliphatic heterocycles. The molecule has 1 fully saturated rings. The van der Waals surface area contributed by atoms with Crippen molar-refractivity contribution in [3.63, 3.8) is 0 Å². The van der Waals surface area contributed by atoms with Crippen LogP contribution in [-0.4, -0.2) is 48.6 Å². The molecule has 1 aliphatic carbocycles. The Morgan fingerprint density at radius 1 is 1.47 bits per heavy atom. The van der Waals surface area contributed by atoms with Crippen molar-refractivity contribution in [3.8, 4) is 5.75 Å². The van der Waals surface area contributed by atoms with Gasteiger partial charge in [-0.2, -0.15) is 0 Å². The lowest BCUT2D eigenvalue weighted by molar-refractivity contribution is 0.0904. The number of hydrogen-bond donors (Lipinski definition) is 1. The van der Waals surface area contributed by atoms with E-state index in [-0.39, 0.29) is 12.4 Å². The van der Waals surface area contributed by atoms with Crippen molar-refractivity contribution in [2.24, 2.45) is 0 Å². The SMILES string of the molecule is COc1cc(C)ccc1C(=O)CN(CCO)C1CC1. The van der Waals surface area contributed by atoms with Crippen LogP contribution in [-0.2, 0) is 0 Å². The van der Waals surface area contributed by atoms with Gasteiger partial charge in [0.25, 0.3) is 0 Å². The standard InChI is InChI=1S/C15H21NO3/c1-11-3-6-13(15(9-11)19-2)14(18)10-16(7-8-17)12-4-5-12/h3,6,9,12,17H,4-5,7-8,10H2,1-2H3. The van der Waals surface area contributed by atoms with Gasteiger partial charge in [0, 0.05) is 12.6 Å². The van der Waals surface area contributed by atoms with Gasteiger partial charge in [-0.05, 0) is 37.5 Å². The maximum absolute atomic E-state index is 12.3. The van der Waals surface area contributed by atoms with Crippen LogP contribution in [0, 0.1) is 6.92 Å². The molecule has 4 nitrogen and oxygen atoms in total. The molecule has 0 atom stereocenters. The normalized spacial score (nSPS) is 14.7. The molecule has 0 heterocycles. The summed E-state index contributed by atoms with van der Waals surface area (Å²) in [5.74, 6) is 0.682. The van der Waals surface area contributed by atoms with E-state index in [0.717, 1.165) is 18.4 Å². The van der Waals surface area contributed by atoms with Crippen LogP contribution in [0.2, 0.25) is 0 Å². The minimum Gasteiger partial charge on any atom is -0.496 e. The number of Topliss-reactive ketones (excluding diaryl/α,β-unsaturated/α-hetero) is 1. The Bertz CT molecular complexity index is 455. The molecule has 1 N–H and O–H groups in total. The minimum absolute atomic E-state index is 0.0530. The molecule has 1 aromatic carbocycles. The molecule has 0 saturated heterocycles. The average molecular weight is 263 g/mol. The molecular formula is C15H21NO3. The van der Waals surface area contributed by atoms with Crippen LogP contribution in [0.3, 0.4) is 0 Å². The predicted molar refractivity (Wildman–Crippen MR) is 73.7 cm³/mol. The lowest BCUT2D eigenvalue weighted by Gasteiger charge is -2.20. The van der Waals surface area contributed by atoms with Crippen molar-refractivity contribution >= 4 is 5.78 Å². The average Bonchev–Trinajstić information content (AvgIpc) is 3.22. The van der Waals surface area contributed by atoms with Gasteiger partial charge in [0.05, 0.1) is 25.8 Å². The number of aliphatic hydroxyl groups excluding tert-OH is 1. The van der Waals surface area contributed by atoms with E-state index in [9.17, 15) is 4.79 Å². The fraction of sp³-hybridized carbons (Fsp3) is 0.533. The Labute approximate surface area is 114 Å². The van der Waals surface area contributed by atoms with E-state index in [1.54, 1.807) is 7.11 Å². The molecule has 0 bridgehead atoms. The molecule has 1 saturated carbocycles. The van der Waals surface area contributed by atoms with E-state index in [1.807, 2.05) is 25.1 Å². The second kappa shape index (κ2) is 6.17. The number of rotatable bonds is 7. The number of carbonyl (C=O) groups excluding carboxylic acids is 1. The predicted octanol–water partition coefficient (Wildman–Crippen LogP) is 1.64. The first-order chi connectivity index (χ1) is 9.15. The van der Waals surface area contributed by atoms with Crippen LogP contribution < -0.4 is 4.74 Å². The van der Waals surface area contributed by atoms with Gasteiger partial charge >= 0.3 is 0 Å². The molecule has 2 rings (SSSR count). The Balaban J connectivity index is 2.10. The molecule has 0 spiro atoms. The molecule has 19 heavy (non-hydrogen) atoms. The third-order valence-corrected chi connectivity index (χ3v) is 3.45. The summed E-state index contributed by atoms with van der Waals surface area (Å²) in [4.78, 5) is 14.4. The lowest BCUT2D eigenvalue weighted by atomic mass is 10.1. The number of benzene rings is 1. The minimum atomic E-state index is 0.0530. The number of methoxy groups -OCH3 is 1. The van der Waals surface area contributed by atoms with Crippen LogP contribution in [0.5, 0.6) is 5.75 Å². The number of ketones is 1. The van der Waals surface area contributed by atoms with Gasteiger partial charge in [-0.3, -0.25) is 9.69 Å². The van der Waals surface area contributed by atoms with Crippen molar-refractivity contribution in [3.05, 3.63) is 29.3 Å². The summed E-state index contributed by atoms with van der Waals surface area (Å²) in [6.45, 7) is 2.98. The summed E-state index contributed by atoms with van der Waals surface area (Å²) in [5, 5.41) is 9.06. The lowest BCUT2D eigenvalue weighted by Crippen LogP contribution is -2.34. The second-order valence-corrected chi connectivity index (χ2v) is 5.05. The maximum Gasteiger partial charge on any atom is 0.180 e. The number of nitrogens with zero attached hydrogens (tertiary/aromatic N) is 1. The summed E-state index contributed by atoms with van der Waals surface area (Å²) in [7, 11) is 1.58. The Hall–Kier alpha value is -1.39. The van der Waals surface area contributed by atoms with Crippen LogP contribution in [0.1, 0.15) is 28.8 Å². The van der Waals surface area contributed by atoms with Gasteiger partial charge in [0.2, 0.25) is 0 Å². The Kier molecular flexibility index (Phi) is 4.56. The summed E-state index contributed by atoms with van der Waals surface area (Å²) in [6.07, 6.45) is 2.25. The molecule has 104 valence electrons. The highest BCUT2D eigenvalue weighted by Gasteiger charge is 2.30. The fourth-order valence-electron chi connectivity index (χ4n) is 2.26. The zero-order valence-electron chi connectivity index (χ0n) is 11.6. The number of aryl methyl sites for hydroxylation is 1. The highest BCUT2D eigenvalue weighted by atomic mass is 16.5. The van der Waals surface area contributed by atoms with Crippen molar-refractivity contribution in [1.29, 1.82) is 0 Å². The van der Waals surface area contributed by atoms with E-state index in [1.165, 1.54) is 0 Å². The molecule has 0 amide bonds. The molecule has 1 aliphatic rings. The van der Waals surface area contributed by atoms with Gasteiger partial charge < -0.3 is 9.84 Å². The highest BCUT2D eigenvalue weighted by molar-refractivity contribution is 6.00. The topological polar surface area (TPSA) is 49.8 Å². The summed E-state index contributed by atoms with van der Waals surface area (Å²) in [5.41, 5.74) is 1.69. The monoisotopic (exact) mass is 263 g/mol. The van der Waals surface area contributed by atoms with Gasteiger partial charge in [-0.25, -0.2) is 0 Å². The van der Waals surface area contributed by atoms with Gasteiger partial charge in [0.1, 0.15) is 5.75 Å². The van der Waals surface area contributed by atoms with Crippen molar-refractivity contribution < 1.29 is 14.6 Å². The van der Waals surface area contributed by atoms with Gasteiger partial charge in [-0.15, -0.1) is 0 Å². The first-order valence-electron chi connectivity index (χ1n) is 6.68. The quantitative estimate of drug-likeness (QED) is 0.760. The highest BCUT2D eigenvalue weighted by Crippen LogP contribution is 2.27. The van der Waals surface area contributed by atoms with Gasteiger partial charge in [0.15, 0.2) is 5.78 Å². The van der Waals surface area contributed by atoms with E-state index < -0.39 is 0 Å². The second-order valence-electron chi connectivity index (χ2n) is 5.05. The van der Waals surface area contributed by atoms with E-state index in [4.69, 9.17) is 9.84 Å². The van der Waals surface area contributed by atoms with E-state index >= 15 is 0 Å². The molecule has 0 aromatic heterocycles. The molecule has 4 heteroatoms. The van der Waals surface area contributed by atoms with E-state index in [0.29, 0.717) is 30.4 Å². The first-order valence-corrected chi connectivity index (χ1v) is 6.68. The summed E-state index contributed by atoms with van der Waals surface area (Å²) in [6, 6.07) is 6.08. The van der Waals surface area contributed by atoms with Gasteiger partial charge in [-0.1, -0.05) is 6.07 Å². The van der Waals surface area contributed by atoms with E-state index in [2.05, 4.69) is 4.90 Å². The third-order valence-electron chi connectivity index (χ3n) is 3.45. The summed E-state index contributed by atoms with van der Waals surface area (Å²) >= 11 is 0. The number of ether oxygens (including phenoxy) is 1. The third kappa shape index (κ3) is 3.55. The van der Waals surface area contributed by atoms with Crippen LogP contribution >= 0.6 is 0 Å². The number of aliphatic hydroxyl groups is 1. The smallest absolute Gasteiger partial charge is 0.180 e. The zero-order valence-corrected chi connectivity index (χ0v) is 11.6.